The van der Waals surface area contributed by atoms with Gasteiger partial charge < -0.3 is 10.0 Å². The van der Waals surface area contributed by atoms with Crippen LogP contribution >= 0.6 is 0 Å². The lowest BCUT2D eigenvalue weighted by atomic mass is 9.92. The Morgan fingerprint density at radius 1 is 1.25 bits per heavy atom. The lowest BCUT2D eigenvalue weighted by molar-refractivity contribution is -0.143. The number of benzene rings is 1. The summed E-state index contributed by atoms with van der Waals surface area (Å²) < 4.78 is 0. The van der Waals surface area contributed by atoms with Crippen molar-refractivity contribution in [2.45, 2.75) is 38.8 Å². The summed E-state index contributed by atoms with van der Waals surface area (Å²) in [6, 6.07) is 8.41. The van der Waals surface area contributed by atoms with Crippen molar-refractivity contribution in [1.82, 2.24) is 4.90 Å². The maximum atomic E-state index is 12.5. The second-order valence-corrected chi connectivity index (χ2v) is 5.79. The molecule has 1 fully saturated rings. The first-order valence-corrected chi connectivity index (χ1v) is 7.22. The molecule has 0 bridgehead atoms. The van der Waals surface area contributed by atoms with Gasteiger partial charge in [0.2, 0.25) is 5.91 Å². The molecule has 1 amide bonds. The summed E-state index contributed by atoms with van der Waals surface area (Å²) in [5, 5.41) is 8.98. The van der Waals surface area contributed by atoms with Crippen molar-refractivity contribution in [3.63, 3.8) is 0 Å². The van der Waals surface area contributed by atoms with E-state index in [0.29, 0.717) is 13.0 Å². The quantitative estimate of drug-likeness (QED) is 0.917. The van der Waals surface area contributed by atoms with Crippen LogP contribution in [-0.4, -0.2) is 27.9 Å². The number of hydrogen-bond acceptors (Lipinski definition) is 2. The SMILES string of the molecule is CC[C@@H]1Cc2ccccc2CN1C(=O)[C@H]1C[C@@H]1C(=O)O. The first-order valence-electron chi connectivity index (χ1n) is 7.22. The van der Waals surface area contributed by atoms with E-state index in [0.717, 1.165) is 12.8 Å². The molecular formula is C16H19NO3. The van der Waals surface area contributed by atoms with Crippen LogP contribution in [0, 0.1) is 11.8 Å². The van der Waals surface area contributed by atoms with Gasteiger partial charge in [-0.15, -0.1) is 0 Å². The van der Waals surface area contributed by atoms with Crippen molar-refractivity contribution in [3.8, 4) is 0 Å². The largest absolute Gasteiger partial charge is 0.481 e. The van der Waals surface area contributed by atoms with Crippen LogP contribution in [0.2, 0.25) is 0 Å². The van der Waals surface area contributed by atoms with Crippen LogP contribution in [0.3, 0.4) is 0 Å². The minimum absolute atomic E-state index is 0.0266. The van der Waals surface area contributed by atoms with Gasteiger partial charge in [0.1, 0.15) is 0 Å². The molecule has 20 heavy (non-hydrogen) atoms. The van der Waals surface area contributed by atoms with E-state index in [4.69, 9.17) is 5.11 Å². The summed E-state index contributed by atoms with van der Waals surface area (Å²) in [6.07, 6.45) is 2.29. The highest BCUT2D eigenvalue weighted by atomic mass is 16.4. The van der Waals surface area contributed by atoms with Crippen LogP contribution in [0.1, 0.15) is 30.9 Å². The molecule has 1 saturated carbocycles. The molecule has 3 atom stereocenters. The van der Waals surface area contributed by atoms with E-state index in [1.165, 1.54) is 11.1 Å². The van der Waals surface area contributed by atoms with Crippen LogP contribution in [-0.2, 0) is 22.6 Å². The van der Waals surface area contributed by atoms with Crippen molar-refractivity contribution in [3.05, 3.63) is 35.4 Å². The first kappa shape index (κ1) is 13.2. The molecule has 0 spiro atoms. The standard InChI is InChI=1S/C16H19NO3/c1-2-12-7-10-5-3-4-6-11(10)9-17(12)15(18)13-8-14(13)16(19)20/h3-6,12-14H,2,7-9H2,1H3,(H,19,20)/t12-,13+,14+/m1/s1. The van der Waals surface area contributed by atoms with E-state index in [9.17, 15) is 9.59 Å². The molecule has 1 aliphatic heterocycles. The van der Waals surface area contributed by atoms with E-state index in [1.807, 2.05) is 17.0 Å². The van der Waals surface area contributed by atoms with Crippen LogP contribution in [0.25, 0.3) is 0 Å². The molecule has 1 heterocycles. The van der Waals surface area contributed by atoms with E-state index >= 15 is 0 Å². The molecule has 2 aliphatic rings. The predicted molar refractivity (Wildman–Crippen MR) is 74.0 cm³/mol. The van der Waals surface area contributed by atoms with Gasteiger partial charge in [0, 0.05) is 12.6 Å². The fourth-order valence-corrected chi connectivity index (χ4v) is 3.16. The molecule has 4 heteroatoms. The molecule has 1 N–H and O–H groups in total. The summed E-state index contributed by atoms with van der Waals surface area (Å²) >= 11 is 0. The van der Waals surface area contributed by atoms with Crippen molar-refractivity contribution in [1.29, 1.82) is 0 Å². The number of amides is 1. The number of carbonyl (C=O) groups is 2. The van der Waals surface area contributed by atoms with Crippen molar-refractivity contribution >= 4 is 11.9 Å². The van der Waals surface area contributed by atoms with Gasteiger partial charge >= 0.3 is 5.97 Å². The summed E-state index contributed by atoms with van der Waals surface area (Å²) in [7, 11) is 0. The molecule has 106 valence electrons. The van der Waals surface area contributed by atoms with Gasteiger partial charge in [-0.3, -0.25) is 9.59 Å². The smallest absolute Gasteiger partial charge is 0.307 e. The van der Waals surface area contributed by atoms with Crippen molar-refractivity contribution in [2.24, 2.45) is 11.8 Å². The Hall–Kier alpha value is -1.84. The molecule has 4 nitrogen and oxygen atoms in total. The van der Waals surface area contributed by atoms with Crippen molar-refractivity contribution < 1.29 is 14.7 Å². The molecule has 1 aromatic rings. The summed E-state index contributed by atoms with van der Waals surface area (Å²) in [6.45, 7) is 2.71. The zero-order valence-corrected chi connectivity index (χ0v) is 11.6. The number of carbonyl (C=O) groups excluding carboxylic acids is 1. The fourth-order valence-electron chi connectivity index (χ4n) is 3.16. The molecule has 0 unspecified atom stereocenters. The normalized spacial score (nSPS) is 27.9. The molecular weight excluding hydrogens is 254 g/mol. The minimum Gasteiger partial charge on any atom is -0.481 e. The van der Waals surface area contributed by atoms with E-state index in [-0.39, 0.29) is 17.9 Å². The van der Waals surface area contributed by atoms with E-state index in [2.05, 4.69) is 19.1 Å². The molecule has 3 rings (SSSR count). The fraction of sp³-hybridized carbons (Fsp3) is 0.500. The minimum atomic E-state index is -0.839. The van der Waals surface area contributed by atoms with E-state index in [1.54, 1.807) is 0 Å². The Morgan fingerprint density at radius 2 is 1.95 bits per heavy atom. The Morgan fingerprint density at radius 3 is 2.55 bits per heavy atom. The third-order valence-corrected chi connectivity index (χ3v) is 4.53. The maximum absolute atomic E-state index is 12.5. The predicted octanol–water partition coefficient (Wildman–Crippen LogP) is 2.07. The number of nitrogens with zero attached hydrogens (tertiary/aromatic N) is 1. The summed E-state index contributed by atoms with van der Waals surface area (Å²) in [5.74, 6) is -1.57. The molecule has 0 radical (unpaired) electrons. The van der Waals surface area contributed by atoms with Gasteiger partial charge in [0.25, 0.3) is 0 Å². The number of carboxylic acid groups (broad SMARTS) is 1. The monoisotopic (exact) mass is 273 g/mol. The van der Waals surface area contributed by atoms with Gasteiger partial charge in [0.05, 0.1) is 11.8 Å². The summed E-state index contributed by atoms with van der Waals surface area (Å²) in [5.41, 5.74) is 2.51. The average Bonchev–Trinajstić information content (AvgIpc) is 3.25. The third kappa shape index (κ3) is 2.19. The second kappa shape index (κ2) is 4.93. The zero-order valence-electron chi connectivity index (χ0n) is 11.6. The molecule has 1 aromatic carbocycles. The highest BCUT2D eigenvalue weighted by Crippen LogP contribution is 2.41. The Bertz CT molecular complexity index is 554. The Kier molecular flexibility index (Phi) is 3.24. The number of fused-ring (bicyclic) bond motifs is 1. The van der Waals surface area contributed by atoms with Gasteiger partial charge in [-0.1, -0.05) is 31.2 Å². The topological polar surface area (TPSA) is 57.6 Å². The van der Waals surface area contributed by atoms with Gasteiger partial charge in [-0.2, -0.15) is 0 Å². The number of carboxylic acids is 1. The van der Waals surface area contributed by atoms with E-state index < -0.39 is 11.9 Å². The zero-order chi connectivity index (χ0) is 14.3. The van der Waals surface area contributed by atoms with Gasteiger partial charge in [0.15, 0.2) is 0 Å². The van der Waals surface area contributed by atoms with Crippen LogP contribution < -0.4 is 0 Å². The average molecular weight is 273 g/mol. The lowest BCUT2D eigenvalue weighted by Crippen LogP contribution is -2.45. The Labute approximate surface area is 118 Å². The molecule has 0 saturated heterocycles. The lowest BCUT2D eigenvalue weighted by Gasteiger charge is -2.36. The molecule has 1 aliphatic carbocycles. The number of rotatable bonds is 3. The molecule has 0 aromatic heterocycles. The Balaban J connectivity index is 1.79. The van der Waals surface area contributed by atoms with Gasteiger partial charge in [-0.25, -0.2) is 0 Å². The van der Waals surface area contributed by atoms with Crippen molar-refractivity contribution in [2.75, 3.05) is 0 Å². The van der Waals surface area contributed by atoms with Gasteiger partial charge in [-0.05, 0) is 30.4 Å². The second-order valence-electron chi connectivity index (χ2n) is 5.79. The highest BCUT2D eigenvalue weighted by molar-refractivity contribution is 5.89. The third-order valence-electron chi connectivity index (χ3n) is 4.53. The van der Waals surface area contributed by atoms with Crippen LogP contribution in [0.5, 0.6) is 0 Å². The van der Waals surface area contributed by atoms with Crippen LogP contribution in [0.15, 0.2) is 24.3 Å². The first-order chi connectivity index (χ1) is 9.61. The maximum Gasteiger partial charge on any atom is 0.307 e. The highest BCUT2D eigenvalue weighted by Gasteiger charge is 2.50. The van der Waals surface area contributed by atoms with Crippen LogP contribution in [0.4, 0.5) is 0 Å². The summed E-state index contributed by atoms with van der Waals surface area (Å²) in [4.78, 5) is 25.4. The number of aliphatic carboxylic acids is 1. The number of hydrogen-bond donors (Lipinski definition) is 1.